The second kappa shape index (κ2) is 4.20. The van der Waals surface area contributed by atoms with Gasteiger partial charge in [0.15, 0.2) is 0 Å². The zero-order valence-corrected chi connectivity index (χ0v) is 7.47. The minimum absolute atomic E-state index is 0.102. The molecule has 0 aliphatic rings. The summed E-state index contributed by atoms with van der Waals surface area (Å²) < 4.78 is 36.2. The van der Waals surface area contributed by atoms with Crippen molar-refractivity contribution in [2.75, 3.05) is 5.32 Å². The van der Waals surface area contributed by atoms with Crippen LogP contribution < -0.4 is 10.4 Å². The van der Waals surface area contributed by atoms with E-state index in [4.69, 9.17) is 0 Å². The molecule has 0 aromatic heterocycles. The summed E-state index contributed by atoms with van der Waals surface area (Å²) in [4.78, 5) is 10.2. The Morgan fingerprint density at radius 1 is 1.33 bits per heavy atom. The number of anilines is 1. The third kappa shape index (κ3) is 3.88. The molecule has 0 atom stereocenters. The van der Waals surface area contributed by atoms with Crippen LogP contribution in [0.2, 0.25) is 0 Å². The number of hydrogen-bond donors (Lipinski definition) is 1. The highest BCUT2D eigenvalue weighted by Gasteiger charge is 2.28. The van der Waals surface area contributed by atoms with E-state index < -0.39 is 18.7 Å². The summed E-state index contributed by atoms with van der Waals surface area (Å²) in [7, 11) is 0. The van der Waals surface area contributed by atoms with Crippen molar-refractivity contribution in [3.8, 4) is 0 Å². The largest absolute Gasteiger partial charge is 0.530 e. The van der Waals surface area contributed by atoms with Crippen molar-refractivity contribution in [3.63, 3.8) is 0 Å². The predicted molar refractivity (Wildman–Crippen MR) is 45.2 cm³/mol. The maximum Gasteiger partial charge on any atom is 0.393 e. The van der Waals surface area contributed by atoms with Crippen LogP contribution in [0.5, 0.6) is 0 Å². The first kappa shape index (κ1) is 11.4. The molecular weight excluding hydrogens is 211 g/mol. The molecule has 15 heavy (non-hydrogen) atoms. The number of nitrogens with one attached hydrogen (secondary N) is 1. The summed E-state index contributed by atoms with van der Waals surface area (Å²) in [6.45, 7) is 0. The second-order valence-corrected chi connectivity index (χ2v) is 2.86. The lowest BCUT2D eigenvalue weighted by Crippen LogP contribution is -2.29. The molecule has 0 saturated carbocycles. The fraction of sp³-hybridized carbons (Fsp3) is 0.222. The van der Waals surface area contributed by atoms with Crippen molar-refractivity contribution in [3.05, 3.63) is 29.8 Å². The van der Waals surface area contributed by atoms with Crippen molar-refractivity contribution < 1.29 is 23.1 Å². The van der Waals surface area contributed by atoms with Gasteiger partial charge in [-0.15, -0.1) is 0 Å². The summed E-state index contributed by atoms with van der Waals surface area (Å²) in [6.07, 6.45) is -7.18. The molecule has 1 aromatic carbocycles. The Morgan fingerprint density at radius 2 is 1.93 bits per heavy atom. The summed E-state index contributed by atoms with van der Waals surface area (Å²) in [5.74, 6) is 0. The highest BCUT2D eigenvalue weighted by Crippen LogP contribution is 2.25. The molecule has 0 radical (unpaired) electrons. The van der Waals surface area contributed by atoms with E-state index in [1.165, 1.54) is 24.3 Å². The van der Waals surface area contributed by atoms with Crippen LogP contribution in [0.4, 0.5) is 23.7 Å². The zero-order chi connectivity index (χ0) is 11.5. The first-order valence-corrected chi connectivity index (χ1v) is 4.01. The van der Waals surface area contributed by atoms with Crippen LogP contribution in [0.3, 0.4) is 0 Å². The van der Waals surface area contributed by atoms with E-state index in [2.05, 4.69) is 0 Å². The lowest BCUT2D eigenvalue weighted by Gasteiger charge is -2.13. The van der Waals surface area contributed by atoms with Crippen molar-refractivity contribution in [1.82, 2.24) is 0 Å². The first-order valence-electron chi connectivity index (χ1n) is 4.01. The van der Waals surface area contributed by atoms with E-state index in [0.29, 0.717) is 0 Å². The summed E-state index contributed by atoms with van der Waals surface area (Å²) >= 11 is 0. The maximum absolute atomic E-state index is 12.1. The minimum atomic E-state index is -4.37. The van der Waals surface area contributed by atoms with E-state index in [9.17, 15) is 23.1 Å². The van der Waals surface area contributed by atoms with Crippen molar-refractivity contribution in [2.24, 2.45) is 0 Å². The Kier molecular flexibility index (Phi) is 3.18. The van der Waals surface area contributed by atoms with Crippen LogP contribution in [0, 0.1) is 0 Å². The maximum atomic E-state index is 12.1. The Bertz CT molecular complexity index is 363. The van der Waals surface area contributed by atoms with Crippen molar-refractivity contribution in [2.45, 2.75) is 12.6 Å². The molecule has 0 aliphatic carbocycles. The van der Waals surface area contributed by atoms with Gasteiger partial charge >= 0.3 is 6.18 Å². The third-order valence-electron chi connectivity index (χ3n) is 1.64. The number of carbonyl (C=O) groups excluding carboxylic acids is 1. The van der Waals surface area contributed by atoms with Gasteiger partial charge in [-0.3, -0.25) is 0 Å². The molecule has 0 aliphatic heterocycles. The Morgan fingerprint density at radius 3 is 2.47 bits per heavy atom. The number of carboxylic acid groups (broad SMARTS) is 1. The topological polar surface area (TPSA) is 52.2 Å². The highest BCUT2D eigenvalue weighted by molar-refractivity contribution is 5.82. The van der Waals surface area contributed by atoms with Gasteiger partial charge in [0.2, 0.25) is 0 Å². The van der Waals surface area contributed by atoms with Crippen LogP contribution in [0.1, 0.15) is 5.56 Å². The van der Waals surface area contributed by atoms with Crippen LogP contribution in [-0.2, 0) is 6.42 Å². The van der Waals surface area contributed by atoms with Gasteiger partial charge in [0.1, 0.15) is 6.09 Å². The van der Waals surface area contributed by atoms with Crippen LogP contribution >= 0.6 is 0 Å². The lowest BCUT2D eigenvalue weighted by molar-refractivity contribution is -0.242. The number of hydrogen-bond acceptors (Lipinski definition) is 2. The standard InChI is InChI=1S/C9H8F3NO2/c10-9(11,12)5-6-3-1-2-4-7(6)13-8(14)15/h1-4,13H,5H2,(H,14,15)/p-1. The van der Waals surface area contributed by atoms with Gasteiger partial charge in [0.05, 0.1) is 6.42 Å². The van der Waals surface area contributed by atoms with E-state index in [1.54, 1.807) is 5.32 Å². The fourth-order valence-corrected chi connectivity index (χ4v) is 1.12. The number of amides is 1. The first-order chi connectivity index (χ1) is 6.88. The average molecular weight is 218 g/mol. The van der Waals surface area contributed by atoms with Crippen LogP contribution in [-0.4, -0.2) is 12.3 Å². The lowest BCUT2D eigenvalue weighted by atomic mass is 10.1. The van der Waals surface area contributed by atoms with Gasteiger partial charge in [0.25, 0.3) is 0 Å². The van der Waals surface area contributed by atoms with Gasteiger partial charge < -0.3 is 15.2 Å². The summed E-state index contributed by atoms with van der Waals surface area (Å²) in [5.41, 5.74) is -0.232. The smallest absolute Gasteiger partial charge is 0.393 e. The molecule has 0 heterocycles. The molecule has 0 saturated heterocycles. The average Bonchev–Trinajstić information content (AvgIpc) is 2.05. The molecule has 0 fully saturated rings. The normalized spacial score (nSPS) is 11.1. The molecule has 1 amide bonds. The number of halogens is 3. The summed E-state index contributed by atoms with van der Waals surface area (Å²) in [6, 6.07) is 5.29. The predicted octanol–water partition coefficient (Wildman–Crippen LogP) is 1.55. The number of alkyl halides is 3. The molecular formula is C9H7F3NO2-. The quantitative estimate of drug-likeness (QED) is 0.818. The number of rotatable bonds is 2. The number of benzene rings is 1. The monoisotopic (exact) mass is 218 g/mol. The second-order valence-electron chi connectivity index (χ2n) is 2.86. The minimum Gasteiger partial charge on any atom is -0.530 e. The van der Waals surface area contributed by atoms with E-state index >= 15 is 0 Å². The third-order valence-corrected chi connectivity index (χ3v) is 1.64. The fourth-order valence-electron chi connectivity index (χ4n) is 1.12. The molecule has 0 unspecified atom stereocenters. The molecule has 0 spiro atoms. The van der Waals surface area contributed by atoms with Gasteiger partial charge in [-0.05, 0) is 11.6 Å². The molecule has 1 rings (SSSR count). The molecule has 3 nitrogen and oxygen atoms in total. The Labute approximate surface area is 83.5 Å². The van der Waals surface area contributed by atoms with Gasteiger partial charge in [-0.2, -0.15) is 13.2 Å². The zero-order valence-electron chi connectivity index (χ0n) is 7.47. The Hall–Kier alpha value is -1.72. The molecule has 1 aromatic rings. The van der Waals surface area contributed by atoms with Crippen LogP contribution in [0.25, 0.3) is 0 Å². The Balaban J connectivity index is 2.91. The van der Waals surface area contributed by atoms with Crippen molar-refractivity contribution in [1.29, 1.82) is 0 Å². The van der Waals surface area contributed by atoms with Gasteiger partial charge in [-0.25, -0.2) is 0 Å². The van der Waals surface area contributed by atoms with E-state index in [0.717, 1.165) is 0 Å². The van der Waals surface area contributed by atoms with E-state index in [1.807, 2.05) is 0 Å². The molecule has 1 N–H and O–H groups in total. The SMILES string of the molecule is O=C([O-])Nc1ccccc1CC(F)(F)F. The van der Waals surface area contributed by atoms with Gasteiger partial charge in [-0.1, -0.05) is 18.2 Å². The molecule has 6 heteroatoms. The number of carbonyl (C=O) groups is 1. The van der Waals surface area contributed by atoms with E-state index in [-0.39, 0.29) is 11.3 Å². The highest BCUT2D eigenvalue weighted by atomic mass is 19.4. The van der Waals surface area contributed by atoms with Crippen molar-refractivity contribution >= 4 is 11.8 Å². The summed E-state index contributed by atoms with van der Waals surface area (Å²) in [5, 5.41) is 12.0. The molecule has 82 valence electrons. The number of para-hydroxylation sites is 1. The van der Waals surface area contributed by atoms with Crippen LogP contribution in [0.15, 0.2) is 24.3 Å². The van der Waals surface area contributed by atoms with Gasteiger partial charge in [0, 0.05) is 5.69 Å². The molecule has 0 bridgehead atoms.